The fraction of sp³-hybridized carbons (Fsp3) is 0.429. The van der Waals surface area contributed by atoms with Crippen LogP contribution in [0.15, 0.2) is 24.3 Å². The summed E-state index contributed by atoms with van der Waals surface area (Å²) in [7, 11) is 0. The number of carbonyl (C=O) groups is 2. The normalized spacial score (nSPS) is 21.6. The summed E-state index contributed by atoms with van der Waals surface area (Å²) in [5.41, 5.74) is 7.05. The minimum absolute atomic E-state index is 0. The Morgan fingerprint density at radius 3 is 2.32 bits per heavy atom. The number of carbonyl (C=O) groups excluding carboxylic acids is 2. The number of halogens is 1. The van der Waals surface area contributed by atoms with E-state index in [0.29, 0.717) is 26.2 Å². The second-order valence-corrected chi connectivity index (χ2v) is 4.97. The van der Waals surface area contributed by atoms with E-state index in [9.17, 15) is 9.59 Å². The van der Waals surface area contributed by atoms with E-state index >= 15 is 0 Å². The first-order valence-electron chi connectivity index (χ1n) is 6.85. The molecule has 2 aliphatic rings. The van der Waals surface area contributed by atoms with Gasteiger partial charge in [-0.2, -0.15) is 0 Å². The highest BCUT2D eigenvalue weighted by molar-refractivity contribution is 8.93. The Morgan fingerprint density at radius 2 is 1.77 bits per heavy atom. The maximum Gasteiger partial charge on any atom is 0.414 e. The van der Waals surface area contributed by atoms with Gasteiger partial charge in [0.05, 0.1) is 13.2 Å². The first-order valence-corrected chi connectivity index (χ1v) is 6.85. The quantitative estimate of drug-likeness (QED) is 0.853. The Balaban J connectivity index is 0.00000176. The molecule has 1 aromatic carbocycles. The molecular weight excluding hydrogens is 354 g/mol. The van der Waals surface area contributed by atoms with Gasteiger partial charge >= 0.3 is 6.09 Å². The monoisotopic (exact) mass is 371 g/mol. The number of morpholine rings is 1. The number of nitrogens with two attached hydrogens (primary N) is 1. The molecule has 22 heavy (non-hydrogen) atoms. The van der Waals surface area contributed by atoms with E-state index in [4.69, 9.17) is 15.2 Å². The third-order valence-electron chi connectivity index (χ3n) is 3.60. The van der Waals surface area contributed by atoms with Crippen molar-refractivity contribution in [2.45, 2.75) is 6.10 Å². The van der Waals surface area contributed by atoms with Crippen molar-refractivity contribution in [1.82, 2.24) is 0 Å². The fourth-order valence-electron chi connectivity index (χ4n) is 2.46. The summed E-state index contributed by atoms with van der Waals surface area (Å²) in [6.45, 7) is 1.94. The highest BCUT2D eigenvalue weighted by atomic mass is 79.9. The number of hydrogen-bond acceptors (Lipinski definition) is 5. The lowest BCUT2D eigenvalue weighted by atomic mass is 10.2. The molecule has 2 fully saturated rings. The number of anilines is 2. The standard InChI is InChI=1S/C14H17N3O4.BrH/c15-7-12-8-17(14(19)21-12)11-3-1-10(2-4-11)16-5-6-20-9-13(16)18;/h1-4,12H,5-9,15H2;1H. The maximum atomic E-state index is 11.8. The lowest BCUT2D eigenvalue weighted by Crippen LogP contribution is -2.41. The number of ether oxygens (including phenoxy) is 2. The van der Waals surface area contributed by atoms with Crippen LogP contribution in [0.3, 0.4) is 0 Å². The molecule has 8 heteroatoms. The molecule has 1 aromatic rings. The van der Waals surface area contributed by atoms with Crippen molar-refractivity contribution in [2.75, 3.05) is 42.6 Å². The van der Waals surface area contributed by atoms with Crippen LogP contribution in [0.5, 0.6) is 0 Å². The molecule has 0 radical (unpaired) electrons. The van der Waals surface area contributed by atoms with Crippen molar-refractivity contribution in [3.8, 4) is 0 Å². The molecule has 1 atom stereocenters. The fourth-order valence-corrected chi connectivity index (χ4v) is 2.46. The molecule has 2 saturated heterocycles. The largest absolute Gasteiger partial charge is 0.443 e. The summed E-state index contributed by atoms with van der Waals surface area (Å²) in [5, 5.41) is 0. The van der Waals surface area contributed by atoms with Crippen molar-refractivity contribution in [3.63, 3.8) is 0 Å². The van der Waals surface area contributed by atoms with Crippen LogP contribution in [0.4, 0.5) is 16.2 Å². The molecule has 0 aromatic heterocycles. The van der Waals surface area contributed by atoms with Crippen LogP contribution in [0.2, 0.25) is 0 Å². The van der Waals surface area contributed by atoms with Gasteiger partial charge in [0.15, 0.2) is 0 Å². The Labute approximate surface area is 138 Å². The van der Waals surface area contributed by atoms with E-state index in [1.807, 2.05) is 12.1 Å². The minimum Gasteiger partial charge on any atom is -0.443 e. The Kier molecular flexibility index (Phi) is 5.38. The lowest BCUT2D eigenvalue weighted by Gasteiger charge is -2.27. The van der Waals surface area contributed by atoms with E-state index in [1.54, 1.807) is 21.9 Å². The van der Waals surface area contributed by atoms with Crippen LogP contribution in [0.1, 0.15) is 0 Å². The first kappa shape index (κ1) is 16.7. The van der Waals surface area contributed by atoms with E-state index in [2.05, 4.69) is 0 Å². The van der Waals surface area contributed by atoms with Crippen molar-refractivity contribution < 1.29 is 19.1 Å². The van der Waals surface area contributed by atoms with Crippen LogP contribution in [0, 0.1) is 0 Å². The van der Waals surface area contributed by atoms with Gasteiger partial charge in [-0.1, -0.05) is 0 Å². The van der Waals surface area contributed by atoms with Gasteiger partial charge in [0.25, 0.3) is 5.91 Å². The van der Waals surface area contributed by atoms with Crippen molar-refractivity contribution in [2.24, 2.45) is 5.73 Å². The highest BCUT2D eigenvalue weighted by Gasteiger charge is 2.31. The molecule has 0 bridgehead atoms. The molecule has 0 aliphatic carbocycles. The second-order valence-electron chi connectivity index (χ2n) is 4.97. The second kappa shape index (κ2) is 7.08. The zero-order chi connectivity index (χ0) is 14.8. The molecule has 7 nitrogen and oxygen atoms in total. The number of cyclic esters (lactones) is 1. The molecule has 2 N–H and O–H groups in total. The number of nitrogens with zero attached hydrogens (tertiary/aromatic N) is 2. The van der Waals surface area contributed by atoms with Gasteiger partial charge in [0.2, 0.25) is 0 Å². The third-order valence-corrected chi connectivity index (χ3v) is 3.60. The van der Waals surface area contributed by atoms with E-state index in [1.165, 1.54) is 0 Å². The highest BCUT2D eigenvalue weighted by Crippen LogP contribution is 2.25. The van der Waals surface area contributed by atoms with Gasteiger partial charge in [-0.15, -0.1) is 17.0 Å². The van der Waals surface area contributed by atoms with Crippen LogP contribution in [0.25, 0.3) is 0 Å². The van der Waals surface area contributed by atoms with Gasteiger partial charge in [-0.3, -0.25) is 9.69 Å². The van der Waals surface area contributed by atoms with Crippen LogP contribution in [-0.4, -0.2) is 51.0 Å². The van der Waals surface area contributed by atoms with Crippen LogP contribution < -0.4 is 15.5 Å². The van der Waals surface area contributed by atoms with Gasteiger partial charge < -0.3 is 20.1 Å². The van der Waals surface area contributed by atoms with E-state index in [0.717, 1.165) is 11.4 Å². The zero-order valence-corrected chi connectivity index (χ0v) is 13.6. The van der Waals surface area contributed by atoms with E-state index < -0.39 is 0 Å². The first-order chi connectivity index (χ1) is 10.2. The topological polar surface area (TPSA) is 85.1 Å². The van der Waals surface area contributed by atoms with Gasteiger partial charge in [-0.25, -0.2) is 4.79 Å². The molecule has 1 unspecified atom stereocenters. The molecule has 0 spiro atoms. The summed E-state index contributed by atoms with van der Waals surface area (Å²) < 4.78 is 10.2. The van der Waals surface area contributed by atoms with Crippen molar-refractivity contribution >= 4 is 40.4 Å². The molecule has 3 rings (SSSR count). The number of benzene rings is 1. The molecular formula is C14H18BrN3O4. The van der Waals surface area contributed by atoms with Gasteiger partial charge in [0, 0.05) is 24.5 Å². The summed E-state index contributed by atoms with van der Waals surface area (Å²) in [4.78, 5) is 26.7. The molecule has 2 heterocycles. The smallest absolute Gasteiger partial charge is 0.414 e. The third kappa shape index (κ3) is 3.23. The predicted molar refractivity (Wildman–Crippen MR) is 86.6 cm³/mol. The number of rotatable bonds is 3. The Bertz CT molecular complexity index is 552. The summed E-state index contributed by atoms with van der Waals surface area (Å²) >= 11 is 0. The molecule has 2 aliphatic heterocycles. The lowest BCUT2D eigenvalue weighted by molar-refractivity contribution is -0.125. The van der Waals surface area contributed by atoms with Crippen molar-refractivity contribution in [1.29, 1.82) is 0 Å². The summed E-state index contributed by atoms with van der Waals surface area (Å²) in [6, 6.07) is 7.25. The van der Waals surface area contributed by atoms with Crippen molar-refractivity contribution in [3.05, 3.63) is 24.3 Å². The number of hydrogen-bond donors (Lipinski definition) is 1. The van der Waals surface area contributed by atoms with Crippen LogP contribution >= 0.6 is 17.0 Å². The van der Waals surface area contributed by atoms with Gasteiger partial charge in [-0.05, 0) is 24.3 Å². The molecule has 2 amide bonds. The maximum absolute atomic E-state index is 11.8. The zero-order valence-electron chi connectivity index (χ0n) is 11.9. The SMILES string of the molecule is Br.NCC1CN(c2ccc(N3CCOCC3=O)cc2)C(=O)O1. The molecule has 120 valence electrons. The van der Waals surface area contributed by atoms with Gasteiger partial charge in [0.1, 0.15) is 12.7 Å². The Morgan fingerprint density at radius 1 is 1.14 bits per heavy atom. The Hall–Kier alpha value is -1.64. The molecule has 0 saturated carbocycles. The summed E-state index contributed by atoms with van der Waals surface area (Å²) in [5.74, 6) is -0.0576. The average molecular weight is 372 g/mol. The number of amides is 2. The average Bonchev–Trinajstić information content (AvgIpc) is 2.89. The predicted octanol–water partition coefficient (Wildman–Crippen LogP) is 0.912. The van der Waals surface area contributed by atoms with Crippen LogP contribution in [-0.2, 0) is 14.3 Å². The van der Waals surface area contributed by atoms with E-state index in [-0.39, 0.29) is 41.7 Å². The summed E-state index contributed by atoms with van der Waals surface area (Å²) in [6.07, 6.45) is -0.654. The minimum atomic E-state index is -0.388.